The molecule has 1 atom stereocenters. The fourth-order valence-corrected chi connectivity index (χ4v) is 4.16. The molecular weight excluding hydrogens is 480 g/mol. The van der Waals surface area contributed by atoms with Crippen LogP contribution in [0.15, 0.2) is 61.4 Å². The summed E-state index contributed by atoms with van der Waals surface area (Å²) in [4.78, 5) is 34.2. The lowest BCUT2D eigenvalue weighted by molar-refractivity contribution is 0.102. The Morgan fingerprint density at radius 2 is 1.86 bits per heavy atom. The number of nitrogens with zero attached hydrogens (tertiary/aromatic N) is 8. The van der Waals surface area contributed by atoms with Crippen LogP contribution >= 0.6 is 0 Å². The number of piperazine rings is 1. The smallest absolute Gasteiger partial charge is 0.257 e. The van der Waals surface area contributed by atoms with E-state index in [0.717, 1.165) is 11.4 Å². The molecule has 1 amide bonds. The van der Waals surface area contributed by atoms with Crippen LogP contribution in [0.5, 0.6) is 0 Å². The molecule has 0 bridgehead atoms. The van der Waals surface area contributed by atoms with Gasteiger partial charge in [-0.1, -0.05) is 0 Å². The molecule has 0 unspecified atom stereocenters. The molecule has 1 N–H and O–H groups in total. The number of aromatic nitrogens is 6. The number of amides is 1. The van der Waals surface area contributed by atoms with E-state index in [1.165, 1.54) is 23.1 Å². The molecule has 12 heteroatoms. The Morgan fingerprint density at radius 1 is 1.03 bits per heavy atom. The molecule has 5 heterocycles. The lowest BCUT2D eigenvalue weighted by Gasteiger charge is -2.40. The SMILES string of the molecule is C[C@H]1CN(c2ccc(F)cn2)CCN1c1ncc(NC(=O)c2ccc(-c3cnn(CCF)c3)nc2)cn1. The number of carbonyl (C=O) groups is 1. The van der Waals surface area contributed by atoms with Crippen molar-refractivity contribution in [3.05, 3.63) is 72.8 Å². The zero-order valence-electron chi connectivity index (χ0n) is 20.1. The first-order chi connectivity index (χ1) is 18.0. The fourth-order valence-electron chi connectivity index (χ4n) is 4.16. The van der Waals surface area contributed by atoms with E-state index in [0.29, 0.717) is 42.5 Å². The van der Waals surface area contributed by atoms with Gasteiger partial charge >= 0.3 is 0 Å². The lowest BCUT2D eigenvalue weighted by Crippen LogP contribution is -2.53. The van der Waals surface area contributed by atoms with Gasteiger partial charge in [0, 0.05) is 43.6 Å². The first-order valence-electron chi connectivity index (χ1n) is 11.8. The topological polar surface area (TPSA) is 105 Å². The molecule has 0 aromatic carbocycles. The molecule has 0 saturated carbocycles. The van der Waals surface area contributed by atoms with Crippen molar-refractivity contribution in [3.63, 3.8) is 0 Å². The molecular formula is C25H25F2N9O. The van der Waals surface area contributed by atoms with Crippen molar-refractivity contribution in [3.8, 4) is 11.3 Å². The molecule has 37 heavy (non-hydrogen) atoms. The monoisotopic (exact) mass is 505 g/mol. The maximum absolute atomic E-state index is 13.2. The van der Waals surface area contributed by atoms with E-state index >= 15 is 0 Å². The summed E-state index contributed by atoms with van der Waals surface area (Å²) >= 11 is 0. The Hall–Kier alpha value is -4.48. The molecule has 4 aromatic rings. The van der Waals surface area contributed by atoms with Gasteiger partial charge in [0.15, 0.2) is 0 Å². The number of halogens is 2. The van der Waals surface area contributed by atoms with E-state index in [1.54, 1.807) is 43.0 Å². The lowest BCUT2D eigenvalue weighted by atomic mass is 10.2. The summed E-state index contributed by atoms with van der Waals surface area (Å²) in [5.74, 6) is 0.610. The van der Waals surface area contributed by atoms with E-state index in [4.69, 9.17) is 0 Å². The van der Waals surface area contributed by atoms with Crippen molar-refractivity contribution in [1.82, 2.24) is 29.7 Å². The highest BCUT2D eigenvalue weighted by Gasteiger charge is 2.26. The molecule has 190 valence electrons. The van der Waals surface area contributed by atoms with Gasteiger partial charge in [-0.3, -0.25) is 14.5 Å². The van der Waals surface area contributed by atoms with Gasteiger partial charge in [0.25, 0.3) is 5.91 Å². The summed E-state index contributed by atoms with van der Waals surface area (Å²) in [6.45, 7) is 3.83. The average molecular weight is 506 g/mol. The van der Waals surface area contributed by atoms with E-state index in [1.807, 2.05) is 0 Å². The summed E-state index contributed by atoms with van der Waals surface area (Å²) < 4.78 is 27.2. The molecule has 1 aliphatic rings. The number of aryl methyl sites for hydroxylation is 1. The fraction of sp³-hybridized carbons (Fsp3) is 0.280. The number of carbonyl (C=O) groups excluding carboxylic acids is 1. The number of hydrogen-bond donors (Lipinski definition) is 1. The molecule has 1 fully saturated rings. The number of nitrogens with one attached hydrogen (secondary N) is 1. The third-order valence-corrected chi connectivity index (χ3v) is 6.08. The zero-order valence-corrected chi connectivity index (χ0v) is 20.1. The minimum atomic E-state index is -0.497. The first-order valence-corrected chi connectivity index (χ1v) is 11.8. The van der Waals surface area contributed by atoms with E-state index in [9.17, 15) is 13.6 Å². The largest absolute Gasteiger partial charge is 0.353 e. The van der Waals surface area contributed by atoms with Crippen LogP contribution < -0.4 is 15.1 Å². The van der Waals surface area contributed by atoms with Gasteiger partial charge in [-0.2, -0.15) is 5.10 Å². The van der Waals surface area contributed by atoms with E-state index < -0.39 is 6.67 Å². The Balaban J connectivity index is 1.18. The summed E-state index contributed by atoms with van der Waals surface area (Å²) in [5.41, 5.74) is 2.22. The highest BCUT2D eigenvalue weighted by molar-refractivity contribution is 6.04. The van der Waals surface area contributed by atoms with Gasteiger partial charge in [0.05, 0.1) is 48.3 Å². The number of pyridine rings is 2. The highest BCUT2D eigenvalue weighted by atomic mass is 19.1. The molecule has 0 aliphatic carbocycles. The molecule has 1 saturated heterocycles. The number of anilines is 3. The summed E-state index contributed by atoms with van der Waals surface area (Å²) in [6.07, 6.45) is 9.16. The number of alkyl halides is 1. The number of rotatable bonds is 7. The van der Waals surface area contributed by atoms with Gasteiger partial charge < -0.3 is 15.1 Å². The third kappa shape index (κ3) is 5.52. The van der Waals surface area contributed by atoms with Crippen LogP contribution in [-0.4, -0.2) is 68.0 Å². The second-order valence-corrected chi connectivity index (χ2v) is 8.66. The second-order valence-electron chi connectivity index (χ2n) is 8.66. The van der Waals surface area contributed by atoms with Crippen LogP contribution in [0.1, 0.15) is 17.3 Å². The quantitative estimate of drug-likeness (QED) is 0.408. The molecule has 0 radical (unpaired) electrons. The predicted molar refractivity (Wildman–Crippen MR) is 135 cm³/mol. The average Bonchev–Trinajstić information content (AvgIpc) is 3.39. The third-order valence-electron chi connectivity index (χ3n) is 6.08. The zero-order chi connectivity index (χ0) is 25.8. The Morgan fingerprint density at radius 3 is 2.54 bits per heavy atom. The number of hydrogen-bond acceptors (Lipinski definition) is 8. The minimum Gasteiger partial charge on any atom is -0.353 e. The van der Waals surface area contributed by atoms with Gasteiger partial charge in [0.2, 0.25) is 5.95 Å². The molecule has 5 rings (SSSR count). The standard InChI is InChI=1S/C25H25F2N9O/c1-17-15-34(23-5-3-20(27)12-29-23)8-9-36(17)25-30-13-21(14-31-25)33-24(37)18-2-4-22(28-10-18)19-11-32-35(16-19)7-6-26/h2-5,10-14,16-17H,6-9,15H2,1H3,(H,33,37)/t17-/m0/s1. The Labute approximate surface area is 212 Å². The van der Waals surface area contributed by atoms with Crippen LogP contribution in [0.3, 0.4) is 0 Å². The molecule has 0 spiro atoms. The Kier molecular flexibility index (Phi) is 6.97. The van der Waals surface area contributed by atoms with Crippen molar-refractivity contribution in [1.29, 1.82) is 0 Å². The van der Waals surface area contributed by atoms with Gasteiger partial charge in [-0.25, -0.2) is 23.7 Å². The summed E-state index contributed by atoms with van der Waals surface area (Å²) in [5, 5.41) is 6.87. The van der Waals surface area contributed by atoms with Crippen LogP contribution in [0.25, 0.3) is 11.3 Å². The van der Waals surface area contributed by atoms with E-state index in [-0.39, 0.29) is 24.3 Å². The Bertz CT molecular complexity index is 1340. The first kappa shape index (κ1) is 24.2. The van der Waals surface area contributed by atoms with Crippen LogP contribution in [-0.2, 0) is 6.54 Å². The van der Waals surface area contributed by atoms with E-state index in [2.05, 4.69) is 47.1 Å². The highest BCUT2D eigenvalue weighted by Crippen LogP contribution is 2.21. The predicted octanol–water partition coefficient (Wildman–Crippen LogP) is 3.21. The second kappa shape index (κ2) is 10.6. The van der Waals surface area contributed by atoms with Gasteiger partial charge in [-0.05, 0) is 31.2 Å². The minimum absolute atomic E-state index is 0.106. The van der Waals surface area contributed by atoms with Crippen LogP contribution in [0, 0.1) is 5.82 Å². The van der Waals surface area contributed by atoms with Crippen molar-refractivity contribution in [2.75, 3.05) is 41.4 Å². The van der Waals surface area contributed by atoms with Crippen LogP contribution in [0.4, 0.5) is 26.2 Å². The van der Waals surface area contributed by atoms with Gasteiger partial charge in [0.1, 0.15) is 18.3 Å². The van der Waals surface area contributed by atoms with Crippen molar-refractivity contribution >= 4 is 23.4 Å². The molecule has 10 nitrogen and oxygen atoms in total. The van der Waals surface area contributed by atoms with Crippen LogP contribution in [0.2, 0.25) is 0 Å². The normalized spacial score (nSPS) is 15.6. The van der Waals surface area contributed by atoms with Crippen molar-refractivity contribution < 1.29 is 13.6 Å². The summed E-state index contributed by atoms with van der Waals surface area (Å²) in [6, 6.07) is 6.57. The molecule has 1 aliphatic heterocycles. The summed E-state index contributed by atoms with van der Waals surface area (Å²) in [7, 11) is 0. The van der Waals surface area contributed by atoms with Gasteiger partial charge in [-0.15, -0.1) is 0 Å². The maximum Gasteiger partial charge on any atom is 0.257 e. The van der Waals surface area contributed by atoms with Crippen molar-refractivity contribution in [2.24, 2.45) is 0 Å². The molecule has 4 aromatic heterocycles. The maximum atomic E-state index is 13.2. The van der Waals surface area contributed by atoms with Crippen molar-refractivity contribution in [2.45, 2.75) is 19.5 Å².